The van der Waals surface area contributed by atoms with Gasteiger partial charge in [0.2, 0.25) is 0 Å². The average Bonchev–Trinajstić information content (AvgIpc) is 3.02. The van der Waals surface area contributed by atoms with Crippen molar-refractivity contribution in [2.24, 2.45) is 0 Å². The largest absolute Gasteiger partial charge is 0.381 e. The summed E-state index contributed by atoms with van der Waals surface area (Å²) in [5.41, 5.74) is 0.814. The van der Waals surface area contributed by atoms with E-state index in [2.05, 4.69) is 6.58 Å². The zero-order valence-corrected chi connectivity index (χ0v) is 12.6. The van der Waals surface area contributed by atoms with Crippen molar-refractivity contribution in [2.75, 3.05) is 0 Å². The fourth-order valence-corrected chi connectivity index (χ4v) is 2.60. The zero-order valence-electron chi connectivity index (χ0n) is 12.6. The first-order valence-corrected chi connectivity index (χ1v) is 7.38. The van der Waals surface area contributed by atoms with Crippen LogP contribution in [0.25, 0.3) is 0 Å². The Kier molecular flexibility index (Phi) is 4.12. The van der Waals surface area contributed by atoms with E-state index >= 15 is 0 Å². The highest BCUT2D eigenvalue weighted by Crippen LogP contribution is 2.45. The molecule has 1 aliphatic rings. The molecule has 0 saturated carbocycles. The molecule has 2 aromatic rings. The topological polar surface area (TPSA) is 38.7 Å². The van der Waals surface area contributed by atoms with E-state index < -0.39 is 11.9 Å². The van der Waals surface area contributed by atoms with Gasteiger partial charge in [-0.15, -0.1) is 6.58 Å². The van der Waals surface area contributed by atoms with Gasteiger partial charge in [-0.05, 0) is 18.1 Å². The highest BCUT2D eigenvalue weighted by molar-refractivity contribution is 5.26. The minimum Gasteiger partial charge on any atom is -0.381 e. The molecule has 0 radical (unpaired) electrons. The molecule has 0 unspecified atom stereocenters. The molecular weight excluding hydrogens is 276 g/mol. The van der Waals surface area contributed by atoms with Crippen molar-refractivity contribution in [1.82, 2.24) is 0 Å². The summed E-state index contributed by atoms with van der Waals surface area (Å²) in [6.45, 7) is 5.30. The summed E-state index contributed by atoms with van der Waals surface area (Å²) < 4.78 is 12.1. The first kappa shape index (κ1) is 15.0. The minimum atomic E-state index is -1.24. The predicted molar refractivity (Wildman–Crippen MR) is 85.1 cm³/mol. The molecule has 2 aromatic carbocycles. The predicted octanol–water partition coefficient (Wildman–Crippen LogP) is 3.78. The van der Waals surface area contributed by atoms with Crippen LogP contribution in [0.4, 0.5) is 0 Å². The Balaban J connectivity index is 1.96. The number of hydrogen-bond acceptors (Lipinski definition) is 3. The molecule has 0 bridgehead atoms. The average molecular weight is 296 g/mol. The summed E-state index contributed by atoms with van der Waals surface area (Å²) in [5.74, 6) is 0. The highest BCUT2D eigenvalue weighted by Gasteiger charge is 2.45. The monoisotopic (exact) mass is 296 g/mol. The van der Waals surface area contributed by atoms with Crippen molar-refractivity contribution in [2.45, 2.75) is 31.0 Å². The second-order valence-electron chi connectivity index (χ2n) is 5.70. The van der Waals surface area contributed by atoms with Gasteiger partial charge in [-0.1, -0.05) is 66.7 Å². The highest BCUT2D eigenvalue weighted by atomic mass is 16.7. The first-order valence-electron chi connectivity index (χ1n) is 7.38. The van der Waals surface area contributed by atoms with Gasteiger partial charge in [0.1, 0.15) is 17.8 Å². The van der Waals surface area contributed by atoms with E-state index in [0.717, 1.165) is 11.1 Å². The van der Waals surface area contributed by atoms with Crippen LogP contribution < -0.4 is 0 Å². The van der Waals surface area contributed by atoms with Gasteiger partial charge >= 0.3 is 0 Å². The lowest BCUT2D eigenvalue weighted by molar-refractivity contribution is -0.165. The second kappa shape index (κ2) is 6.05. The quantitative estimate of drug-likeness (QED) is 0.873. The molecule has 1 N–H and O–H groups in total. The van der Waals surface area contributed by atoms with Crippen LogP contribution in [0.1, 0.15) is 30.3 Å². The van der Waals surface area contributed by atoms with E-state index in [9.17, 15) is 5.11 Å². The van der Waals surface area contributed by atoms with Crippen molar-refractivity contribution in [1.29, 1.82) is 0 Å². The Morgan fingerprint density at radius 2 is 1.32 bits per heavy atom. The van der Waals surface area contributed by atoms with Gasteiger partial charge in [-0.2, -0.15) is 0 Å². The fourth-order valence-electron chi connectivity index (χ4n) is 2.60. The molecule has 3 nitrogen and oxygen atoms in total. The second-order valence-corrected chi connectivity index (χ2v) is 5.70. The molecule has 3 rings (SSSR count). The Bertz CT molecular complexity index is 574. The standard InChI is InChI=1S/C19H20O3/c1-3-19(2,20)18-21-16(14-10-6-4-7-11-14)17(22-18)15-12-8-5-9-13-15/h3-13,16-18,20H,1H2,2H3/t16-,17-,19+/m1/s1. The van der Waals surface area contributed by atoms with Gasteiger partial charge in [0.15, 0.2) is 6.29 Å². The number of rotatable bonds is 4. The molecule has 3 atom stereocenters. The van der Waals surface area contributed by atoms with Gasteiger partial charge in [-0.25, -0.2) is 0 Å². The fraction of sp³-hybridized carbons (Fsp3) is 0.263. The first-order chi connectivity index (χ1) is 10.6. The summed E-state index contributed by atoms with van der Waals surface area (Å²) in [5, 5.41) is 10.4. The third-order valence-electron chi connectivity index (χ3n) is 3.96. The molecule has 3 heteroatoms. The molecule has 1 aliphatic heterocycles. The SMILES string of the molecule is C=C[C@](C)(O)C1O[C@H](c2ccccc2)[C@@H](c2ccccc2)O1. The lowest BCUT2D eigenvalue weighted by Crippen LogP contribution is -2.37. The summed E-state index contributed by atoms with van der Waals surface area (Å²) >= 11 is 0. The third kappa shape index (κ3) is 2.83. The van der Waals surface area contributed by atoms with Gasteiger partial charge < -0.3 is 14.6 Å². The molecular formula is C19H20O3. The van der Waals surface area contributed by atoms with Crippen LogP contribution >= 0.6 is 0 Å². The van der Waals surface area contributed by atoms with Gasteiger partial charge in [0.25, 0.3) is 0 Å². The zero-order chi connectivity index (χ0) is 15.6. The summed E-state index contributed by atoms with van der Waals surface area (Å²) in [4.78, 5) is 0. The lowest BCUT2D eigenvalue weighted by Gasteiger charge is -2.25. The maximum atomic E-state index is 10.4. The van der Waals surface area contributed by atoms with Crippen molar-refractivity contribution in [3.8, 4) is 0 Å². The number of hydrogen-bond donors (Lipinski definition) is 1. The van der Waals surface area contributed by atoms with Crippen LogP contribution in [0, 0.1) is 0 Å². The molecule has 1 saturated heterocycles. The van der Waals surface area contributed by atoms with Crippen LogP contribution in [-0.4, -0.2) is 17.0 Å². The smallest absolute Gasteiger partial charge is 0.191 e. The minimum absolute atomic E-state index is 0.264. The van der Waals surface area contributed by atoms with E-state index in [1.54, 1.807) is 6.92 Å². The molecule has 1 heterocycles. The van der Waals surface area contributed by atoms with Crippen LogP contribution in [0.3, 0.4) is 0 Å². The van der Waals surface area contributed by atoms with Crippen LogP contribution in [0.5, 0.6) is 0 Å². The van der Waals surface area contributed by atoms with E-state index in [4.69, 9.17) is 9.47 Å². The third-order valence-corrected chi connectivity index (χ3v) is 3.96. The molecule has 0 aliphatic carbocycles. The maximum absolute atomic E-state index is 10.4. The maximum Gasteiger partial charge on any atom is 0.191 e. The van der Waals surface area contributed by atoms with E-state index in [1.807, 2.05) is 60.7 Å². The molecule has 22 heavy (non-hydrogen) atoms. The molecule has 0 aromatic heterocycles. The van der Waals surface area contributed by atoms with Crippen molar-refractivity contribution < 1.29 is 14.6 Å². The van der Waals surface area contributed by atoms with E-state index in [1.165, 1.54) is 6.08 Å². The lowest BCUT2D eigenvalue weighted by atomic mass is 9.99. The summed E-state index contributed by atoms with van der Waals surface area (Å²) in [6.07, 6.45) is 0.174. The Hall–Kier alpha value is -1.94. The van der Waals surface area contributed by atoms with E-state index in [0.29, 0.717) is 0 Å². The molecule has 1 fully saturated rings. The van der Waals surface area contributed by atoms with Crippen molar-refractivity contribution in [3.63, 3.8) is 0 Å². The normalized spacial score (nSPS) is 24.8. The summed E-state index contributed by atoms with van der Waals surface area (Å²) in [7, 11) is 0. The van der Waals surface area contributed by atoms with E-state index in [-0.39, 0.29) is 12.2 Å². The molecule has 0 amide bonds. The summed E-state index contributed by atoms with van der Waals surface area (Å²) in [6, 6.07) is 19.9. The van der Waals surface area contributed by atoms with Crippen LogP contribution in [-0.2, 0) is 9.47 Å². The number of aliphatic hydroxyl groups is 1. The van der Waals surface area contributed by atoms with Crippen LogP contribution in [0.2, 0.25) is 0 Å². The Morgan fingerprint density at radius 1 is 0.909 bits per heavy atom. The number of ether oxygens (including phenoxy) is 2. The van der Waals surface area contributed by atoms with Crippen molar-refractivity contribution >= 4 is 0 Å². The van der Waals surface area contributed by atoms with Crippen LogP contribution in [0.15, 0.2) is 73.3 Å². The molecule has 114 valence electrons. The number of benzene rings is 2. The van der Waals surface area contributed by atoms with Gasteiger partial charge in [-0.3, -0.25) is 0 Å². The Morgan fingerprint density at radius 3 is 1.68 bits per heavy atom. The van der Waals surface area contributed by atoms with Gasteiger partial charge in [0, 0.05) is 0 Å². The molecule has 0 spiro atoms. The Labute approximate surface area is 130 Å². The van der Waals surface area contributed by atoms with Crippen molar-refractivity contribution in [3.05, 3.63) is 84.4 Å². The van der Waals surface area contributed by atoms with Gasteiger partial charge in [0.05, 0.1) is 0 Å².